The van der Waals surface area contributed by atoms with E-state index in [4.69, 9.17) is 17.3 Å². The largest absolute Gasteiger partial charge is 0.355 e. The van der Waals surface area contributed by atoms with Gasteiger partial charge in [-0.15, -0.1) is 0 Å². The van der Waals surface area contributed by atoms with Crippen LogP contribution in [0.1, 0.15) is 6.42 Å². The van der Waals surface area contributed by atoms with Crippen LogP contribution < -0.4 is 10.6 Å². The monoisotopic (exact) mass is 212 g/mol. The first-order valence-corrected chi connectivity index (χ1v) is 5.10. The third kappa shape index (κ3) is 1.96. The number of nitrogens with two attached hydrogens (primary N) is 1. The number of hydrogen-bond acceptors (Lipinski definition) is 4. The van der Waals surface area contributed by atoms with Crippen LogP contribution in [0.5, 0.6) is 0 Å². The number of aromatic nitrogens is 2. The fourth-order valence-electron chi connectivity index (χ4n) is 1.72. The van der Waals surface area contributed by atoms with Crippen molar-refractivity contribution < 1.29 is 0 Å². The van der Waals surface area contributed by atoms with Gasteiger partial charge in [-0.3, -0.25) is 4.98 Å². The van der Waals surface area contributed by atoms with Gasteiger partial charge in [0.05, 0.1) is 12.4 Å². The van der Waals surface area contributed by atoms with Crippen LogP contribution in [0.4, 0.5) is 5.82 Å². The second-order valence-corrected chi connectivity index (χ2v) is 3.92. The summed E-state index contributed by atoms with van der Waals surface area (Å²) in [7, 11) is 0. The van der Waals surface area contributed by atoms with Crippen molar-refractivity contribution in [2.45, 2.75) is 6.42 Å². The lowest BCUT2D eigenvalue weighted by molar-refractivity contribution is 0.602. The van der Waals surface area contributed by atoms with Crippen molar-refractivity contribution in [1.82, 2.24) is 9.97 Å². The van der Waals surface area contributed by atoms with Gasteiger partial charge in [0.25, 0.3) is 0 Å². The van der Waals surface area contributed by atoms with Gasteiger partial charge in [-0.05, 0) is 18.9 Å². The van der Waals surface area contributed by atoms with Gasteiger partial charge in [-0.2, -0.15) is 0 Å². The second kappa shape index (κ2) is 4.11. The van der Waals surface area contributed by atoms with Crippen molar-refractivity contribution in [3.05, 3.63) is 17.5 Å². The highest BCUT2D eigenvalue weighted by Crippen LogP contribution is 2.21. The maximum atomic E-state index is 5.77. The SMILES string of the molecule is NCC1CCN(c2cncc(Cl)n2)C1. The average molecular weight is 213 g/mol. The first kappa shape index (κ1) is 9.68. The molecule has 1 aliphatic heterocycles. The van der Waals surface area contributed by atoms with E-state index in [1.807, 2.05) is 0 Å². The Morgan fingerprint density at radius 3 is 3.07 bits per heavy atom. The first-order valence-electron chi connectivity index (χ1n) is 4.72. The summed E-state index contributed by atoms with van der Waals surface area (Å²) in [6.45, 7) is 2.70. The molecule has 0 saturated carbocycles. The van der Waals surface area contributed by atoms with E-state index in [-0.39, 0.29) is 0 Å². The molecule has 4 nitrogen and oxygen atoms in total. The smallest absolute Gasteiger partial charge is 0.149 e. The van der Waals surface area contributed by atoms with E-state index in [0.29, 0.717) is 11.1 Å². The molecule has 0 bridgehead atoms. The Hall–Kier alpha value is -0.870. The van der Waals surface area contributed by atoms with E-state index >= 15 is 0 Å². The minimum Gasteiger partial charge on any atom is -0.355 e. The van der Waals surface area contributed by atoms with Crippen LogP contribution in [0.3, 0.4) is 0 Å². The zero-order valence-corrected chi connectivity index (χ0v) is 8.61. The molecule has 0 spiro atoms. The van der Waals surface area contributed by atoms with Crippen molar-refractivity contribution >= 4 is 17.4 Å². The fraction of sp³-hybridized carbons (Fsp3) is 0.556. The van der Waals surface area contributed by atoms with Crippen molar-refractivity contribution in [1.29, 1.82) is 0 Å². The molecule has 2 N–H and O–H groups in total. The summed E-state index contributed by atoms with van der Waals surface area (Å²) < 4.78 is 0. The second-order valence-electron chi connectivity index (χ2n) is 3.54. The summed E-state index contributed by atoms with van der Waals surface area (Å²) in [6, 6.07) is 0. The molecule has 0 radical (unpaired) electrons. The minimum atomic E-state index is 0.443. The van der Waals surface area contributed by atoms with Gasteiger partial charge in [0.15, 0.2) is 0 Å². The third-order valence-electron chi connectivity index (χ3n) is 2.54. The van der Waals surface area contributed by atoms with Gasteiger partial charge in [0.1, 0.15) is 11.0 Å². The Bertz CT molecular complexity index is 317. The molecule has 5 heteroatoms. The lowest BCUT2D eigenvalue weighted by Crippen LogP contribution is -2.23. The van der Waals surface area contributed by atoms with Crippen LogP contribution in [0.2, 0.25) is 5.15 Å². The van der Waals surface area contributed by atoms with Gasteiger partial charge in [0.2, 0.25) is 0 Å². The van der Waals surface area contributed by atoms with Crippen molar-refractivity contribution in [3.8, 4) is 0 Å². The van der Waals surface area contributed by atoms with Crippen molar-refractivity contribution in [3.63, 3.8) is 0 Å². The lowest BCUT2D eigenvalue weighted by Gasteiger charge is -2.16. The van der Waals surface area contributed by atoms with E-state index in [1.165, 1.54) is 0 Å². The first-order chi connectivity index (χ1) is 6.79. The molecule has 14 heavy (non-hydrogen) atoms. The molecule has 0 amide bonds. The average Bonchev–Trinajstić information content (AvgIpc) is 2.66. The molecule has 0 aliphatic carbocycles. The Kier molecular flexibility index (Phi) is 2.84. The number of nitrogens with zero attached hydrogens (tertiary/aromatic N) is 3. The summed E-state index contributed by atoms with van der Waals surface area (Å²) in [5.41, 5.74) is 5.62. The summed E-state index contributed by atoms with van der Waals surface area (Å²) in [6.07, 6.45) is 4.41. The molecule has 1 aromatic heterocycles. The van der Waals surface area contributed by atoms with Crippen LogP contribution in [0.25, 0.3) is 0 Å². The van der Waals surface area contributed by atoms with Gasteiger partial charge in [-0.1, -0.05) is 11.6 Å². The van der Waals surface area contributed by atoms with Crippen LogP contribution in [-0.4, -0.2) is 29.6 Å². The summed E-state index contributed by atoms with van der Waals surface area (Å²) in [5.74, 6) is 1.43. The molecule has 0 aromatic carbocycles. The molecule has 1 fully saturated rings. The Morgan fingerprint density at radius 1 is 1.57 bits per heavy atom. The molecule has 1 saturated heterocycles. The highest BCUT2D eigenvalue weighted by atomic mass is 35.5. The standard InChI is InChI=1S/C9H13ClN4/c10-8-4-12-5-9(13-8)14-2-1-7(3-11)6-14/h4-5,7H,1-3,6,11H2. The minimum absolute atomic E-state index is 0.443. The highest BCUT2D eigenvalue weighted by molar-refractivity contribution is 6.29. The molecular weight excluding hydrogens is 200 g/mol. The molecular formula is C9H13ClN4. The zero-order chi connectivity index (χ0) is 9.97. The zero-order valence-electron chi connectivity index (χ0n) is 7.86. The topological polar surface area (TPSA) is 55.0 Å². The Labute approximate surface area is 88.1 Å². The molecule has 1 aliphatic rings. The molecule has 1 atom stereocenters. The van der Waals surface area contributed by atoms with Crippen LogP contribution in [-0.2, 0) is 0 Å². The predicted octanol–water partition coefficient (Wildman–Crippen LogP) is 0.915. The summed E-state index contributed by atoms with van der Waals surface area (Å²) in [4.78, 5) is 10.4. The number of rotatable bonds is 2. The summed E-state index contributed by atoms with van der Waals surface area (Å²) in [5, 5.41) is 0.443. The fourth-order valence-corrected chi connectivity index (χ4v) is 1.86. The summed E-state index contributed by atoms with van der Waals surface area (Å²) >= 11 is 5.77. The highest BCUT2D eigenvalue weighted by Gasteiger charge is 2.22. The van der Waals surface area contributed by atoms with Gasteiger partial charge in [0, 0.05) is 13.1 Å². The van der Waals surface area contributed by atoms with E-state index in [1.54, 1.807) is 12.4 Å². The lowest BCUT2D eigenvalue weighted by atomic mass is 10.1. The number of halogens is 1. The number of anilines is 1. The van der Waals surface area contributed by atoms with Gasteiger partial charge < -0.3 is 10.6 Å². The van der Waals surface area contributed by atoms with Crippen molar-refractivity contribution in [2.75, 3.05) is 24.5 Å². The van der Waals surface area contributed by atoms with E-state index in [2.05, 4.69) is 14.9 Å². The van der Waals surface area contributed by atoms with Crippen molar-refractivity contribution in [2.24, 2.45) is 11.7 Å². The molecule has 76 valence electrons. The van der Waals surface area contributed by atoms with E-state index < -0.39 is 0 Å². The van der Waals surface area contributed by atoms with Gasteiger partial charge in [-0.25, -0.2) is 4.98 Å². The molecule has 1 unspecified atom stereocenters. The molecule has 2 heterocycles. The maximum absolute atomic E-state index is 5.77. The quantitative estimate of drug-likeness (QED) is 0.792. The third-order valence-corrected chi connectivity index (χ3v) is 2.72. The van der Waals surface area contributed by atoms with Crippen LogP contribution >= 0.6 is 11.6 Å². The number of hydrogen-bond donors (Lipinski definition) is 1. The van der Waals surface area contributed by atoms with E-state index in [9.17, 15) is 0 Å². The maximum Gasteiger partial charge on any atom is 0.149 e. The van der Waals surface area contributed by atoms with Crippen LogP contribution in [0.15, 0.2) is 12.4 Å². The Balaban J connectivity index is 2.09. The van der Waals surface area contributed by atoms with Crippen LogP contribution in [0, 0.1) is 5.92 Å². The normalized spacial score (nSPS) is 21.6. The Morgan fingerprint density at radius 2 is 2.43 bits per heavy atom. The molecule has 2 rings (SSSR count). The predicted molar refractivity (Wildman–Crippen MR) is 56.4 cm³/mol. The molecule has 1 aromatic rings. The van der Waals surface area contributed by atoms with E-state index in [0.717, 1.165) is 31.9 Å². The van der Waals surface area contributed by atoms with Gasteiger partial charge >= 0.3 is 0 Å².